The Balaban J connectivity index is 1.89. The number of rotatable bonds is 5. The van der Waals surface area contributed by atoms with Crippen LogP contribution in [-0.2, 0) is 4.74 Å². The van der Waals surface area contributed by atoms with E-state index in [9.17, 15) is 4.39 Å². The van der Waals surface area contributed by atoms with Crippen molar-refractivity contribution < 1.29 is 13.9 Å². The molecule has 1 aromatic rings. The molecular weight excluding hydrogens is 221 g/mol. The largest absolute Gasteiger partial charge is 0.490 e. The van der Waals surface area contributed by atoms with E-state index in [4.69, 9.17) is 15.2 Å². The lowest BCUT2D eigenvalue weighted by Gasteiger charge is -2.21. The van der Waals surface area contributed by atoms with Crippen LogP contribution in [0.25, 0.3) is 0 Å². The number of ether oxygens (including phenoxy) is 2. The number of halogens is 1. The fraction of sp³-hybridized carbons (Fsp3) is 0.538. The predicted molar refractivity (Wildman–Crippen MR) is 63.4 cm³/mol. The number of para-hydroxylation sites is 1. The minimum absolute atomic E-state index is 0.233. The van der Waals surface area contributed by atoms with Gasteiger partial charge in [-0.3, -0.25) is 0 Å². The van der Waals surface area contributed by atoms with Gasteiger partial charge in [0.15, 0.2) is 11.6 Å². The van der Waals surface area contributed by atoms with E-state index in [1.807, 2.05) is 0 Å². The number of hydrogen-bond donors (Lipinski definition) is 1. The Hall–Kier alpha value is -1.13. The van der Waals surface area contributed by atoms with Crippen LogP contribution in [0.4, 0.5) is 4.39 Å². The summed E-state index contributed by atoms with van der Waals surface area (Å²) in [5, 5.41) is 0. The van der Waals surface area contributed by atoms with Crippen LogP contribution in [0, 0.1) is 17.7 Å². The van der Waals surface area contributed by atoms with Crippen molar-refractivity contribution in [1.82, 2.24) is 0 Å². The van der Waals surface area contributed by atoms with Gasteiger partial charge in [-0.25, -0.2) is 4.39 Å². The smallest absolute Gasteiger partial charge is 0.165 e. The van der Waals surface area contributed by atoms with Crippen LogP contribution in [0.5, 0.6) is 5.75 Å². The van der Waals surface area contributed by atoms with E-state index < -0.39 is 0 Å². The quantitative estimate of drug-likeness (QED) is 0.852. The van der Waals surface area contributed by atoms with Gasteiger partial charge in [0.25, 0.3) is 0 Å². The van der Waals surface area contributed by atoms with E-state index in [-0.39, 0.29) is 11.7 Å². The summed E-state index contributed by atoms with van der Waals surface area (Å²) in [5.74, 6) is 0.639. The molecule has 1 aliphatic rings. The Morgan fingerprint density at radius 1 is 1.47 bits per heavy atom. The molecule has 0 spiro atoms. The molecule has 0 aromatic heterocycles. The Kier molecular flexibility index (Phi) is 4.34. The molecule has 0 bridgehead atoms. The average Bonchev–Trinajstić information content (AvgIpc) is 2.86. The van der Waals surface area contributed by atoms with Crippen molar-refractivity contribution in [3.8, 4) is 5.75 Å². The van der Waals surface area contributed by atoms with Crippen molar-refractivity contribution in [3.05, 3.63) is 30.1 Å². The van der Waals surface area contributed by atoms with Crippen molar-refractivity contribution in [2.45, 2.75) is 6.42 Å². The van der Waals surface area contributed by atoms with E-state index >= 15 is 0 Å². The summed E-state index contributed by atoms with van der Waals surface area (Å²) in [5.41, 5.74) is 5.73. The topological polar surface area (TPSA) is 44.5 Å². The molecule has 1 fully saturated rings. The van der Waals surface area contributed by atoms with Crippen LogP contribution in [-0.4, -0.2) is 26.4 Å². The van der Waals surface area contributed by atoms with Gasteiger partial charge in [-0.2, -0.15) is 0 Å². The molecule has 0 saturated carbocycles. The first-order valence-corrected chi connectivity index (χ1v) is 5.96. The predicted octanol–water partition coefficient (Wildman–Crippen LogP) is 1.82. The van der Waals surface area contributed by atoms with Crippen molar-refractivity contribution in [2.24, 2.45) is 17.6 Å². The molecular formula is C13H18FNO2. The molecule has 2 atom stereocenters. The maximum absolute atomic E-state index is 13.3. The van der Waals surface area contributed by atoms with E-state index in [1.54, 1.807) is 18.2 Å². The second-order valence-electron chi connectivity index (χ2n) is 4.36. The third-order valence-corrected chi connectivity index (χ3v) is 3.22. The lowest BCUT2D eigenvalue weighted by molar-refractivity contribution is 0.149. The zero-order valence-electron chi connectivity index (χ0n) is 9.77. The van der Waals surface area contributed by atoms with Crippen LogP contribution in [0.15, 0.2) is 24.3 Å². The van der Waals surface area contributed by atoms with Gasteiger partial charge in [0.2, 0.25) is 0 Å². The zero-order chi connectivity index (χ0) is 12.1. The van der Waals surface area contributed by atoms with Gasteiger partial charge >= 0.3 is 0 Å². The Labute approximate surface area is 101 Å². The summed E-state index contributed by atoms with van der Waals surface area (Å²) in [4.78, 5) is 0. The maximum atomic E-state index is 13.3. The van der Waals surface area contributed by atoms with Gasteiger partial charge in [-0.15, -0.1) is 0 Å². The molecule has 2 N–H and O–H groups in total. The molecule has 17 heavy (non-hydrogen) atoms. The second kappa shape index (κ2) is 5.98. The number of nitrogens with two attached hydrogens (primary N) is 1. The highest BCUT2D eigenvalue weighted by Gasteiger charge is 2.25. The SMILES string of the molecule is NCC(COc1ccccc1F)C1CCOC1. The van der Waals surface area contributed by atoms with E-state index in [0.29, 0.717) is 24.8 Å². The zero-order valence-corrected chi connectivity index (χ0v) is 9.77. The number of benzene rings is 1. The Bertz CT molecular complexity index is 353. The Morgan fingerprint density at radius 3 is 2.94 bits per heavy atom. The third kappa shape index (κ3) is 3.17. The van der Waals surface area contributed by atoms with E-state index in [0.717, 1.165) is 19.6 Å². The van der Waals surface area contributed by atoms with Crippen molar-refractivity contribution in [1.29, 1.82) is 0 Å². The molecule has 2 rings (SSSR count). The average molecular weight is 239 g/mol. The molecule has 0 amide bonds. The van der Waals surface area contributed by atoms with Gasteiger partial charge in [-0.05, 0) is 31.0 Å². The van der Waals surface area contributed by atoms with Gasteiger partial charge < -0.3 is 15.2 Å². The van der Waals surface area contributed by atoms with Gasteiger partial charge in [0, 0.05) is 19.1 Å². The molecule has 4 heteroatoms. The van der Waals surface area contributed by atoms with Crippen LogP contribution >= 0.6 is 0 Å². The molecule has 1 heterocycles. The molecule has 1 aromatic carbocycles. The number of hydrogen-bond acceptors (Lipinski definition) is 3. The minimum atomic E-state index is -0.328. The first kappa shape index (κ1) is 12.3. The van der Waals surface area contributed by atoms with Crippen molar-refractivity contribution in [2.75, 3.05) is 26.4 Å². The molecule has 0 aliphatic carbocycles. The first-order chi connectivity index (χ1) is 8.31. The third-order valence-electron chi connectivity index (χ3n) is 3.22. The van der Waals surface area contributed by atoms with E-state index in [2.05, 4.69) is 0 Å². The highest BCUT2D eigenvalue weighted by molar-refractivity contribution is 5.23. The van der Waals surface area contributed by atoms with Crippen LogP contribution in [0.1, 0.15) is 6.42 Å². The molecule has 2 unspecified atom stereocenters. The van der Waals surface area contributed by atoms with Crippen molar-refractivity contribution >= 4 is 0 Å². The standard InChI is InChI=1S/C13H18FNO2/c14-12-3-1-2-4-13(12)17-9-11(7-15)10-5-6-16-8-10/h1-4,10-11H,5-9,15H2. The first-order valence-electron chi connectivity index (χ1n) is 5.96. The Morgan fingerprint density at radius 2 is 2.29 bits per heavy atom. The van der Waals surface area contributed by atoms with Gasteiger partial charge in [0.1, 0.15) is 0 Å². The molecule has 3 nitrogen and oxygen atoms in total. The monoisotopic (exact) mass is 239 g/mol. The summed E-state index contributed by atoms with van der Waals surface area (Å²) in [6.07, 6.45) is 1.02. The van der Waals surface area contributed by atoms with E-state index in [1.165, 1.54) is 6.07 Å². The summed E-state index contributed by atoms with van der Waals surface area (Å²) in [6.45, 7) is 2.53. The lowest BCUT2D eigenvalue weighted by Crippen LogP contribution is -2.29. The highest BCUT2D eigenvalue weighted by atomic mass is 19.1. The molecule has 1 saturated heterocycles. The van der Waals surface area contributed by atoms with Gasteiger partial charge in [0.05, 0.1) is 6.61 Å². The fourth-order valence-electron chi connectivity index (χ4n) is 2.08. The second-order valence-corrected chi connectivity index (χ2v) is 4.36. The van der Waals surface area contributed by atoms with Crippen LogP contribution in [0.2, 0.25) is 0 Å². The fourth-order valence-corrected chi connectivity index (χ4v) is 2.08. The summed E-state index contributed by atoms with van der Waals surface area (Å²) in [7, 11) is 0. The van der Waals surface area contributed by atoms with Gasteiger partial charge in [-0.1, -0.05) is 12.1 Å². The van der Waals surface area contributed by atoms with Crippen LogP contribution < -0.4 is 10.5 Å². The molecule has 1 aliphatic heterocycles. The van der Waals surface area contributed by atoms with Crippen molar-refractivity contribution in [3.63, 3.8) is 0 Å². The normalized spacial score (nSPS) is 21.4. The minimum Gasteiger partial charge on any atom is -0.490 e. The highest BCUT2D eigenvalue weighted by Crippen LogP contribution is 2.23. The maximum Gasteiger partial charge on any atom is 0.165 e. The molecule has 94 valence electrons. The summed E-state index contributed by atoms with van der Waals surface area (Å²) < 4.78 is 24.2. The summed E-state index contributed by atoms with van der Waals surface area (Å²) in [6, 6.07) is 6.43. The summed E-state index contributed by atoms with van der Waals surface area (Å²) >= 11 is 0. The lowest BCUT2D eigenvalue weighted by atomic mass is 9.92. The molecule has 0 radical (unpaired) electrons. The van der Waals surface area contributed by atoms with Crippen LogP contribution in [0.3, 0.4) is 0 Å².